The lowest BCUT2D eigenvalue weighted by Gasteiger charge is -2.49. The number of carbonyl (C=O) groups excluding carboxylic acids is 1. The van der Waals surface area contributed by atoms with Crippen LogP contribution in [0, 0.1) is 5.41 Å². The molecule has 42 heavy (non-hydrogen) atoms. The highest BCUT2D eigenvalue weighted by Gasteiger charge is 2.58. The molecule has 1 aromatic carbocycles. The molecule has 4 atom stereocenters. The normalized spacial score (nSPS) is 23.1. The molecule has 0 radical (unpaired) electrons. The maximum absolute atomic E-state index is 13.6. The molecule has 1 heterocycles. The summed E-state index contributed by atoms with van der Waals surface area (Å²) in [6, 6.07) is 8.31. The number of carbonyl (C=O) groups is 1. The van der Waals surface area contributed by atoms with Crippen LogP contribution in [0.3, 0.4) is 0 Å². The summed E-state index contributed by atoms with van der Waals surface area (Å²) in [5.74, 6) is -2.24. The topological polar surface area (TPSA) is 88.1 Å². The number of rotatable bonds is 12. The number of hydrogen-bond acceptors (Lipinski definition) is 7. The van der Waals surface area contributed by atoms with Crippen molar-refractivity contribution in [2.45, 2.75) is 147 Å². The monoisotopic (exact) mass is 642 g/mol. The Morgan fingerprint density at radius 1 is 0.929 bits per heavy atom. The number of ketones is 1. The van der Waals surface area contributed by atoms with E-state index < -0.39 is 37.7 Å². The van der Waals surface area contributed by atoms with Crippen LogP contribution < -0.4 is 0 Å². The van der Waals surface area contributed by atoms with E-state index in [1.165, 1.54) is 7.11 Å². The van der Waals surface area contributed by atoms with Gasteiger partial charge in [0.15, 0.2) is 32.3 Å². The second kappa shape index (κ2) is 12.8. The van der Waals surface area contributed by atoms with Gasteiger partial charge in [-0.05, 0) is 61.7 Å². The van der Waals surface area contributed by atoms with Gasteiger partial charge < -0.3 is 18.3 Å². The molecule has 1 aliphatic rings. The predicted molar refractivity (Wildman–Crippen MR) is 176 cm³/mol. The molecule has 0 aliphatic carbocycles. The second-order valence-electron chi connectivity index (χ2n) is 15.7. The minimum atomic E-state index is -3.71. The van der Waals surface area contributed by atoms with Gasteiger partial charge in [-0.25, -0.2) is 8.42 Å². The van der Waals surface area contributed by atoms with Crippen LogP contribution in [-0.2, 0) is 33.0 Å². The maximum atomic E-state index is 13.6. The molecule has 0 spiro atoms. The van der Waals surface area contributed by atoms with Crippen molar-refractivity contribution in [3.8, 4) is 0 Å². The molecule has 0 saturated carbocycles. The van der Waals surface area contributed by atoms with Crippen molar-refractivity contribution in [2.24, 2.45) is 5.41 Å². The quantitative estimate of drug-likeness (QED) is 0.215. The third-order valence-corrected chi connectivity index (χ3v) is 21.0. The molecule has 10 heteroatoms. The van der Waals surface area contributed by atoms with Gasteiger partial charge in [0.25, 0.3) is 0 Å². The van der Waals surface area contributed by atoms with Crippen LogP contribution in [0.25, 0.3) is 0 Å². The average molecular weight is 643 g/mol. The van der Waals surface area contributed by atoms with E-state index in [0.29, 0.717) is 12.8 Å². The number of sulfone groups is 1. The number of ether oxygens (including phenoxy) is 2. The van der Waals surface area contributed by atoms with Crippen molar-refractivity contribution in [2.75, 3.05) is 12.9 Å². The molecule has 1 saturated heterocycles. The zero-order valence-electron chi connectivity index (χ0n) is 28.7. The van der Waals surface area contributed by atoms with Gasteiger partial charge >= 0.3 is 0 Å². The Labute approximate surface area is 258 Å². The first-order valence-corrected chi connectivity index (χ1v) is 22.7. The predicted octanol–water partition coefficient (Wildman–Crippen LogP) is 7.77. The largest absolute Gasteiger partial charge is 0.412 e. The molecule has 0 bridgehead atoms. The molecule has 7 nitrogen and oxygen atoms in total. The lowest BCUT2D eigenvalue weighted by molar-refractivity contribution is -0.290. The third-order valence-electron chi connectivity index (χ3n) is 9.78. The first kappa shape index (κ1) is 37.3. The molecular weight excluding hydrogens is 585 g/mol. The highest BCUT2D eigenvalue weighted by atomic mass is 32.2. The fourth-order valence-electron chi connectivity index (χ4n) is 5.11. The Bertz CT molecular complexity index is 1170. The highest BCUT2D eigenvalue weighted by molar-refractivity contribution is 7.91. The summed E-state index contributed by atoms with van der Waals surface area (Å²) in [7, 11) is -6.58. The van der Waals surface area contributed by atoms with Crippen LogP contribution in [-0.4, -0.2) is 67.8 Å². The van der Waals surface area contributed by atoms with Crippen LogP contribution in [0.1, 0.15) is 81.6 Å². The van der Waals surface area contributed by atoms with Gasteiger partial charge in [-0.2, -0.15) is 0 Å². The van der Waals surface area contributed by atoms with Crippen molar-refractivity contribution in [1.82, 2.24) is 0 Å². The van der Waals surface area contributed by atoms with E-state index in [9.17, 15) is 13.2 Å². The van der Waals surface area contributed by atoms with E-state index in [0.717, 1.165) is 0 Å². The minimum absolute atomic E-state index is 0.00456. The van der Waals surface area contributed by atoms with Gasteiger partial charge in [-0.1, -0.05) is 73.6 Å². The maximum Gasteiger partial charge on any atom is 0.235 e. The van der Waals surface area contributed by atoms with Gasteiger partial charge in [0.05, 0.1) is 29.0 Å². The summed E-state index contributed by atoms with van der Waals surface area (Å²) in [5.41, 5.74) is -1.16. The molecule has 1 fully saturated rings. The second-order valence-corrected chi connectivity index (χ2v) is 27.2. The van der Waals surface area contributed by atoms with Crippen LogP contribution in [0.5, 0.6) is 0 Å². The van der Waals surface area contributed by atoms with E-state index >= 15 is 0 Å². The van der Waals surface area contributed by atoms with E-state index in [-0.39, 0.29) is 51.2 Å². The molecule has 0 N–H and O–H groups in total. The third kappa shape index (κ3) is 8.23. The fraction of sp³-hybridized carbons (Fsp3) is 0.781. The summed E-state index contributed by atoms with van der Waals surface area (Å²) in [6.07, 6.45) is 0.435. The Hall–Kier alpha value is -0.886. The lowest BCUT2D eigenvalue weighted by Crippen LogP contribution is -2.61. The molecule has 2 rings (SSSR count). The number of hydrogen-bond donors (Lipinski definition) is 0. The Kier molecular flexibility index (Phi) is 11.4. The zero-order valence-corrected chi connectivity index (χ0v) is 31.5. The molecular formula is C32H58O7SSi2. The standard InChI is InChI=1S/C32H58O7SSi2/c1-24(38-41(11,12)29(2,3)4)27(39-42(13,14)30(5,6)7)22-25-20-21-28(33)32(36-10,37-25)31(8,9)23-40(34,35)26-18-16-15-17-19-26/h15-19,24-25,27H,20-23H2,1-14H3/t24-,25+,27-,32-/m1/s1. The summed E-state index contributed by atoms with van der Waals surface area (Å²) < 4.78 is 53.2. The molecule has 1 aliphatic heterocycles. The van der Waals surface area contributed by atoms with E-state index in [4.69, 9.17) is 18.3 Å². The number of Topliss-reactive ketones (excluding diaryl/α,β-unsaturated/α-hetero) is 1. The van der Waals surface area contributed by atoms with Gasteiger partial charge in [0.1, 0.15) is 0 Å². The molecule has 242 valence electrons. The first-order chi connectivity index (χ1) is 18.8. The zero-order chi connectivity index (χ0) is 32.6. The van der Waals surface area contributed by atoms with Gasteiger partial charge in [-0.3, -0.25) is 4.79 Å². The molecule has 0 amide bonds. The van der Waals surface area contributed by atoms with Crippen LogP contribution in [0.4, 0.5) is 0 Å². The van der Waals surface area contributed by atoms with E-state index in [2.05, 4.69) is 74.7 Å². The Morgan fingerprint density at radius 3 is 1.90 bits per heavy atom. The van der Waals surface area contributed by atoms with Crippen molar-refractivity contribution in [3.05, 3.63) is 30.3 Å². The van der Waals surface area contributed by atoms with Crippen LogP contribution >= 0.6 is 0 Å². The van der Waals surface area contributed by atoms with E-state index in [1.54, 1.807) is 44.2 Å². The number of benzene rings is 1. The Balaban J connectivity index is 2.43. The van der Waals surface area contributed by atoms with Crippen LogP contribution in [0.15, 0.2) is 35.2 Å². The average Bonchev–Trinajstić information content (AvgIpc) is 2.82. The fourth-order valence-corrected chi connectivity index (χ4v) is 9.82. The van der Waals surface area contributed by atoms with Crippen LogP contribution in [0.2, 0.25) is 36.3 Å². The summed E-state index contributed by atoms with van der Waals surface area (Å²) in [6.45, 7) is 27.9. The first-order valence-electron chi connectivity index (χ1n) is 15.2. The SMILES string of the molecule is CO[C@@]1(C(C)(C)CS(=O)(=O)c2ccccc2)O[C@H](C[C@@H](O[Si](C)(C)C(C)(C)C)[C@@H](C)O[Si](C)(C)C(C)(C)C)CCC1=O. The minimum Gasteiger partial charge on any atom is -0.412 e. The van der Waals surface area contributed by atoms with Gasteiger partial charge in [-0.15, -0.1) is 0 Å². The summed E-state index contributed by atoms with van der Waals surface area (Å²) in [5, 5.41) is 0.0332. The highest BCUT2D eigenvalue weighted by Crippen LogP contribution is 2.45. The van der Waals surface area contributed by atoms with E-state index in [1.807, 2.05) is 0 Å². The van der Waals surface area contributed by atoms with Gasteiger partial charge in [0, 0.05) is 25.4 Å². The molecule has 1 aromatic rings. The summed E-state index contributed by atoms with van der Waals surface area (Å²) in [4.78, 5) is 13.8. The summed E-state index contributed by atoms with van der Waals surface area (Å²) >= 11 is 0. The lowest BCUT2D eigenvalue weighted by atomic mass is 9.78. The van der Waals surface area contributed by atoms with Crippen molar-refractivity contribution < 1.29 is 31.5 Å². The molecule has 0 aromatic heterocycles. The molecule has 0 unspecified atom stereocenters. The number of methoxy groups -OCH3 is 1. The van der Waals surface area contributed by atoms with Gasteiger partial charge in [0.2, 0.25) is 5.79 Å². The van der Waals surface area contributed by atoms with Crippen molar-refractivity contribution in [3.63, 3.8) is 0 Å². The van der Waals surface area contributed by atoms with Crippen molar-refractivity contribution >= 4 is 32.3 Å². The van der Waals surface area contributed by atoms with Crippen molar-refractivity contribution in [1.29, 1.82) is 0 Å². The smallest absolute Gasteiger partial charge is 0.235 e. The Morgan fingerprint density at radius 2 is 1.43 bits per heavy atom.